The Labute approximate surface area is 137 Å². The molecule has 0 bridgehead atoms. The number of carbonyl (C=O) groups is 1. The van der Waals surface area contributed by atoms with Crippen molar-refractivity contribution in [2.75, 3.05) is 0 Å². The van der Waals surface area contributed by atoms with Gasteiger partial charge >= 0.3 is 5.63 Å². The van der Waals surface area contributed by atoms with Gasteiger partial charge in [0.15, 0.2) is 0 Å². The van der Waals surface area contributed by atoms with Crippen LogP contribution in [0.2, 0.25) is 0 Å². The van der Waals surface area contributed by atoms with Crippen molar-refractivity contribution in [2.24, 2.45) is 0 Å². The Morgan fingerprint density at radius 1 is 1.12 bits per heavy atom. The van der Waals surface area contributed by atoms with Crippen molar-refractivity contribution in [3.8, 4) is 0 Å². The Hall–Kier alpha value is -2.95. The maximum absolute atomic E-state index is 12.9. The zero-order valence-corrected chi connectivity index (χ0v) is 13.4. The molecule has 3 aromatic rings. The first kappa shape index (κ1) is 15.9. The molecule has 0 spiro atoms. The van der Waals surface area contributed by atoms with Crippen LogP contribution >= 0.6 is 0 Å². The summed E-state index contributed by atoms with van der Waals surface area (Å²) in [6.07, 6.45) is 0. The summed E-state index contributed by atoms with van der Waals surface area (Å²) in [7, 11) is 0. The zero-order chi connectivity index (χ0) is 17.3. The molecule has 24 heavy (non-hydrogen) atoms. The number of rotatable bonds is 3. The van der Waals surface area contributed by atoms with Gasteiger partial charge in [0.2, 0.25) is 0 Å². The van der Waals surface area contributed by atoms with E-state index in [0.29, 0.717) is 16.7 Å². The van der Waals surface area contributed by atoms with Crippen LogP contribution in [0.4, 0.5) is 4.39 Å². The van der Waals surface area contributed by atoms with E-state index in [0.717, 1.165) is 16.5 Å². The lowest BCUT2D eigenvalue weighted by Gasteiger charge is -2.10. The highest BCUT2D eigenvalue weighted by Gasteiger charge is 2.11. The first-order valence-electron chi connectivity index (χ1n) is 7.52. The van der Waals surface area contributed by atoms with E-state index in [1.807, 2.05) is 26.0 Å². The van der Waals surface area contributed by atoms with Crippen LogP contribution in [0.3, 0.4) is 0 Å². The maximum Gasteiger partial charge on any atom is 0.336 e. The Kier molecular flexibility index (Phi) is 4.16. The van der Waals surface area contributed by atoms with Crippen LogP contribution < -0.4 is 10.9 Å². The molecule has 0 saturated carbocycles. The molecular weight excluding hydrogens is 309 g/mol. The van der Waals surface area contributed by atoms with Crippen molar-refractivity contribution >= 4 is 16.9 Å². The quantitative estimate of drug-likeness (QED) is 0.750. The molecule has 0 aliphatic heterocycles. The van der Waals surface area contributed by atoms with Crippen molar-refractivity contribution < 1.29 is 13.6 Å². The SMILES string of the molecule is Cc1cc(C)c2oc(=O)cc(CNC(=O)c3ccc(F)cc3)c2c1. The molecule has 0 aliphatic carbocycles. The van der Waals surface area contributed by atoms with E-state index in [2.05, 4.69) is 5.32 Å². The number of halogens is 1. The number of nitrogens with one attached hydrogen (secondary N) is 1. The summed E-state index contributed by atoms with van der Waals surface area (Å²) in [5.74, 6) is -0.732. The molecule has 122 valence electrons. The van der Waals surface area contributed by atoms with Crippen molar-refractivity contribution in [1.29, 1.82) is 0 Å². The lowest BCUT2D eigenvalue weighted by Crippen LogP contribution is -2.23. The summed E-state index contributed by atoms with van der Waals surface area (Å²) in [4.78, 5) is 23.9. The minimum Gasteiger partial charge on any atom is -0.422 e. The van der Waals surface area contributed by atoms with Gasteiger partial charge in [0.25, 0.3) is 5.91 Å². The zero-order valence-electron chi connectivity index (χ0n) is 13.4. The average molecular weight is 325 g/mol. The molecule has 1 amide bonds. The average Bonchev–Trinajstić information content (AvgIpc) is 2.54. The molecule has 4 nitrogen and oxygen atoms in total. The second-order valence-electron chi connectivity index (χ2n) is 5.74. The van der Waals surface area contributed by atoms with Gasteiger partial charge in [0.05, 0.1) is 0 Å². The summed E-state index contributed by atoms with van der Waals surface area (Å²) >= 11 is 0. The van der Waals surface area contributed by atoms with E-state index in [-0.39, 0.29) is 12.5 Å². The number of fused-ring (bicyclic) bond motifs is 1. The molecule has 1 aromatic heterocycles. The van der Waals surface area contributed by atoms with Crippen molar-refractivity contribution in [3.63, 3.8) is 0 Å². The van der Waals surface area contributed by atoms with Crippen molar-refractivity contribution in [2.45, 2.75) is 20.4 Å². The van der Waals surface area contributed by atoms with Gasteiger partial charge in [0, 0.05) is 23.6 Å². The fraction of sp³-hybridized carbons (Fsp3) is 0.158. The summed E-state index contributed by atoms with van der Waals surface area (Å²) in [6, 6.07) is 10.5. The number of benzene rings is 2. The van der Waals surface area contributed by atoms with Crippen LogP contribution in [0.1, 0.15) is 27.0 Å². The smallest absolute Gasteiger partial charge is 0.336 e. The van der Waals surface area contributed by atoms with E-state index in [1.165, 1.54) is 30.3 Å². The fourth-order valence-electron chi connectivity index (χ4n) is 2.70. The molecule has 2 aromatic carbocycles. The first-order valence-corrected chi connectivity index (χ1v) is 7.52. The molecule has 0 unspecified atom stereocenters. The fourth-order valence-corrected chi connectivity index (χ4v) is 2.70. The Morgan fingerprint density at radius 3 is 2.54 bits per heavy atom. The second kappa shape index (κ2) is 6.28. The molecule has 0 aliphatic rings. The van der Waals surface area contributed by atoms with Gasteiger partial charge in [0.1, 0.15) is 11.4 Å². The largest absolute Gasteiger partial charge is 0.422 e. The van der Waals surface area contributed by atoms with Crippen LogP contribution in [0.5, 0.6) is 0 Å². The number of hydrogen-bond donors (Lipinski definition) is 1. The highest BCUT2D eigenvalue weighted by Crippen LogP contribution is 2.22. The van der Waals surface area contributed by atoms with Crippen molar-refractivity contribution in [1.82, 2.24) is 5.32 Å². The van der Waals surface area contributed by atoms with Gasteiger partial charge in [-0.05, 0) is 60.9 Å². The minimum atomic E-state index is -0.458. The number of hydrogen-bond acceptors (Lipinski definition) is 3. The van der Waals surface area contributed by atoms with Crippen LogP contribution in [-0.4, -0.2) is 5.91 Å². The van der Waals surface area contributed by atoms with Gasteiger partial charge in [-0.3, -0.25) is 4.79 Å². The van der Waals surface area contributed by atoms with E-state index >= 15 is 0 Å². The van der Waals surface area contributed by atoms with Crippen LogP contribution in [-0.2, 0) is 6.54 Å². The van der Waals surface area contributed by atoms with Gasteiger partial charge in [-0.2, -0.15) is 0 Å². The lowest BCUT2D eigenvalue weighted by atomic mass is 10.0. The summed E-state index contributed by atoms with van der Waals surface area (Å²) in [5.41, 5.74) is 3.02. The number of aryl methyl sites for hydroxylation is 2. The first-order chi connectivity index (χ1) is 11.4. The predicted octanol–water partition coefficient (Wildman–Crippen LogP) is 3.48. The predicted molar refractivity (Wildman–Crippen MR) is 89.5 cm³/mol. The standard InChI is InChI=1S/C19H16FNO3/c1-11-7-12(2)18-16(8-11)14(9-17(22)24-18)10-21-19(23)13-3-5-15(20)6-4-13/h3-9H,10H2,1-2H3,(H,21,23). The molecule has 1 heterocycles. The third kappa shape index (κ3) is 3.20. The van der Waals surface area contributed by atoms with Crippen LogP contribution in [0, 0.1) is 19.7 Å². The molecule has 3 rings (SSSR count). The van der Waals surface area contributed by atoms with Gasteiger partial charge < -0.3 is 9.73 Å². The lowest BCUT2D eigenvalue weighted by molar-refractivity contribution is 0.0951. The van der Waals surface area contributed by atoms with E-state index < -0.39 is 11.4 Å². The second-order valence-corrected chi connectivity index (χ2v) is 5.74. The summed E-state index contributed by atoms with van der Waals surface area (Å²) < 4.78 is 18.2. The molecule has 5 heteroatoms. The van der Waals surface area contributed by atoms with E-state index in [4.69, 9.17) is 4.42 Å². The van der Waals surface area contributed by atoms with E-state index in [1.54, 1.807) is 0 Å². The van der Waals surface area contributed by atoms with Gasteiger partial charge in [-0.15, -0.1) is 0 Å². The topological polar surface area (TPSA) is 59.3 Å². The van der Waals surface area contributed by atoms with Crippen molar-refractivity contribution in [3.05, 3.63) is 81.0 Å². The number of carbonyl (C=O) groups excluding carboxylic acids is 1. The van der Waals surface area contributed by atoms with Crippen LogP contribution in [0.25, 0.3) is 11.0 Å². The van der Waals surface area contributed by atoms with Crippen LogP contribution in [0.15, 0.2) is 51.7 Å². The minimum absolute atomic E-state index is 0.182. The highest BCUT2D eigenvalue weighted by molar-refractivity contribution is 5.94. The Balaban J connectivity index is 1.91. The van der Waals surface area contributed by atoms with Gasteiger partial charge in [-0.25, -0.2) is 9.18 Å². The molecule has 0 atom stereocenters. The molecule has 0 saturated heterocycles. The monoisotopic (exact) mass is 325 g/mol. The molecular formula is C19H16FNO3. The van der Waals surface area contributed by atoms with E-state index in [9.17, 15) is 14.0 Å². The maximum atomic E-state index is 12.9. The highest BCUT2D eigenvalue weighted by atomic mass is 19.1. The summed E-state index contributed by atoms with van der Waals surface area (Å²) in [6.45, 7) is 4.01. The number of amides is 1. The normalized spacial score (nSPS) is 10.8. The molecule has 1 N–H and O–H groups in total. The Morgan fingerprint density at radius 2 is 1.83 bits per heavy atom. The third-order valence-electron chi connectivity index (χ3n) is 3.81. The van der Waals surface area contributed by atoms with Gasteiger partial charge in [-0.1, -0.05) is 6.07 Å². The third-order valence-corrected chi connectivity index (χ3v) is 3.81. The molecule has 0 fully saturated rings. The summed E-state index contributed by atoms with van der Waals surface area (Å²) in [5, 5.41) is 3.55. The molecule has 0 radical (unpaired) electrons. The Bertz CT molecular complexity index is 974.